The fraction of sp³-hybridized carbons (Fsp3) is 0.778. The van der Waals surface area contributed by atoms with E-state index in [1.807, 2.05) is 6.92 Å². The molecule has 0 aliphatic carbocycles. The van der Waals surface area contributed by atoms with Gasteiger partial charge in [0.15, 0.2) is 0 Å². The van der Waals surface area contributed by atoms with Gasteiger partial charge in [0.05, 0.1) is 6.07 Å². The summed E-state index contributed by atoms with van der Waals surface area (Å²) in [5, 5.41) is 8.88. The van der Waals surface area contributed by atoms with E-state index in [1.54, 1.807) is 30.7 Å². The number of hydrogen-bond acceptors (Lipinski definition) is 2. The minimum atomic E-state index is -0.698. The van der Waals surface area contributed by atoms with Crippen molar-refractivity contribution in [2.24, 2.45) is 0 Å². The van der Waals surface area contributed by atoms with Gasteiger partial charge in [0.1, 0.15) is 5.54 Å². The van der Waals surface area contributed by atoms with E-state index in [0.717, 1.165) is 0 Å². The zero-order valence-corrected chi connectivity index (χ0v) is 8.53. The second-order valence-corrected chi connectivity index (χ2v) is 4.02. The molecule has 0 radical (unpaired) electrons. The summed E-state index contributed by atoms with van der Waals surface area (Å²) in [7, 11) is 1.76. The molecule has 1 aliphatic rings. The topological polar surface area (TPSA) is 47.3 Å². The Kier molecular flexibility index (Phi) is 2.21. The molecule has 0 aromatic rings. The van der Waals surface area contributed by atoms with Crippen LogP contribution in [0.5, 0.6) is 0 Å². The van der Waals surface area contributed by atoms with E-state index >= 15 is 0 Å². The Labute approximate surface area is 78.7 Å². The smallest absolute Gasteiger partial charge is 0.321 e. The maximum Gasteiger partial charge on any atom is 0.321 e. The molecule has 0 saturated carbocycles. The first-order valence-electron chi connectivity index (χ1n) is 4.36. The SMILES string of the molecule is CC1CN(C(C)(C)C#N)C(=O)N1C. The highest BCUT2D eigenvalue weighted by Crippen LogP contribution is 2.22. The second kappa shape index (κ2) is 2.91. The highest BCUT2D eigenvalue weighted by molar-refractivity contribution is 5.78. The molecule has 72 valence electrons. The Balaban J connectivity index is 2.87. The summed E-state index contributed by atoms with van der Waals surface area (Å²) < 4.78 is 0. The molecule has 1 heterocycles. The molecule has 0 bridgehead atoms. The van der Waals surface area contributed by atoms with Gasteiger partial charge in [0.2, 0.25) is 0 Å². The molecule has 0 aromatic heterocycles. The fourth-order valence-corrected chi connectivity index (χ4v) is 1.37. The van der Waals surface area contributed by atoms with Gasteiger partial charge in [0, 0.05) is 19.6 Å². The molecule has 1 aliphatic heterocycles. The molecule has 4 heteroatoms. The van der Waals surface area contributed by atoms with Gasteiger partial charge in [-0.1, -0.05) is 0 Å². The summed E-state index contributed by atoms with van der Waals surface area (Å²) >= 11 is 0. The molecule has 13 heavy (non-hydrogen) atoms. The number of rotatable bonds is 1. The van der Waals surface area contributed by atoms with Crippen molar-refractivity contribution in [2.75, 3.05) is 13.6 Å². The third kappa shape index (κ3) is 1.46. The molecular formula is C9H15N3O. The first kappa shape index (κ1) is 9.85. The van der Waals surface area contributed by atoms with Crippen LogP contribution in [0.25, 0.3) is 0 Å². The molecule has 0 spiro atoms. The summed E-state index contributed by atoms with van der Waals surface area (Å²) in [5.74, 6) is 0. The van der Waals surface area contributed by atoms with Crippen molar-refractivity contribution >= 4 is 6.03 Å². The van der Waals surface area contributed by atoms with Crippen molar-refractivity contribution in [3.05, 3.63) is 0 Å². The van der Waals surface area contributed by atoms with Gasteiger partial charge in [-0.3, -0.25) is 0 Å². The molecule has 1 fully saturated rings. The minimum absolute atomic E-state index is 0.0564. The van der Waals surface area contributed by atoms with E-state index in [2.05, 4.69) is 6.07 Å². The van der Waals surface area contributed by atoms with E-state index in [9.17, 15) is 4.79 Å². The zero-order valence-electron chi connectivity index (χ0n) is 8.53. The normalized spacial score (nSPS) is 23.6. The number of urea groups is 1. The Morgan fingerprint density at radius 1 is 1.62 bits per heavy atom. The third-order valence-corrected chi connectivity index (χ3v) is 2.59. The lowest BCUT2D eigenvalue weighted by Gasteiger charge is -2.27. The molecular weight excluding hydrogens is 166 g/mol. The predicted molar refractivity (Wildman–Crippen MR) is 49.0 cm³/mol. The number of nitrogens with zero attached hydrogens (tertiary/aromatic N) is 3. The molecule has 4 nitrogen and oxygen atoms in total. The van der Waals surface area contributed by atoms with Gasteiger partial charge in [-0.2, -0.15) is 5.26 Å². The van der Waals surface area contributed by atoms with Crippen LogP contribution in [0.4, 0.5) is 4.79 Å². The van der Waals surface area contributed by atoms with Gasteiger partial charge in [-0.15, -0.1) is 0 Å². The van der Waals surface area contributed by atoms with Crippen molar-refractivity contribution in [2.45, 2.75) is 32.4 Å². The number of amides is 2. The monoisotopic (exact) mass is 181 g/mol. The van der Waals surface area contributed by atoms with E-state index < -0.39 is 5.54 Å². The highest BCUT2D eigenvalue weighted by Gasteiger charge is 2.40. The molecule has 2 amide bonds. The van der Waals surface area contributed by atoms with Gasteiger partial charge >= 0.3 is 6.03 Å². The second-order valence-electron chi connectivity index (χ2n) is 4.02. The summed E-state index contributed by atoms with van der Waals surface area (Å²) in [6, 6.07) is 2.27. The first-order valence-corrected chi connectivity index (χ1v) is 4.36. The molecule has 1 saturated heterocycles. The lowest BCUT2D eigenvalue weighted by Crippen LogP contribution is -2.44. The standard InChI is InChI=1S/C9H15N3O/c1-7-5-12(8(13)11(7)4)9(2,3)6-10/h7H,5H2,1-4H3. The molecule has 1 rings (SSSR count). The van der Waals surface area contributed by atoms with Crippen LogP contribution < -0.4 is 0 Å². The van der Waals surface area contributed by atoms with E-state index in [0.29, 0.717) is 6.54 Å². The van der Waals surface area contributed by atoms with Crippen molar-refractivity contribution in [1.82, 2.24) is 9.80 Å². The van der Waals surface area contributed by atoms with Gasteiger partial charge in [0.25, 0.3) is 0 Å². The van der Waals surface area contributed by atoms with Gasteiger partial charge < -0.3 is 9.80 Å². The summed E-state index contributed by atoms with van der Waals surface area (Å²) in [5.41, 5.74) is -0.698. The van der Waals surface area contributed by atoms with Crippen LogP contribution in [-0.4, -0.2) is 41.0 Å². The quantitative estimate of drug-likeness (QED) is 0.607. The highest BCUT2D eigenvalue weighted by atomic mass is 16.2. The van der Waals surface area contributed by atoms with Crippen LogP contribution in [0.3, 0.4) is 0 Å². The number of likely N-dealkylation sites (N-methyl/N-ethyl adjacent to an activating group) is 1. The van der Waals surface area contributed by atoms with E-state index in [1.165, 1.54) is 0 Å². The number of carbonyl (C=O) groups is 1. The van der Waals surface area contributed by atoms with Crippen LogP contribution >= 0.6 is 0 Å². The fourth-order valence-electron chi connectivity index (χ4n) is 1.37. The van der Waals surface area contributed by atoms with Crippen molar-refractivity contribution in [1.29, 1.82) is 5.26 Å². The number of hydrogen-bond donors (Lipinski definition) is 0. The van der Waals surface area contributed by atoms with Crippen molar-refractivity contribution < 1.29 is 4.79 Å². The average molecular weight is 181 g/mol. The van der Waals surface area contributed by atoms with Crippen LogP contribution in [0, 0.1) is 11.3 Å². The Bertz CT molecular complexity index is 267. The Morgan fingerprint density at radius 3 is 2.46 bits per heavy atom. The number of nitriles is 1. The van der Waals surface area contributed by atoms with Crippen LogP contribution in [0.15, 0.2) is 0 Å². The summed E-state index contributed by atoms with van der Waals surface area (Å²) in [4.78, 5) is 14.9. The van der Waals surface area contributed by atoms with Crippen molar-refractivity contribution in [3.8, 4) is 6.07 Å². The third-order valence-electron chi connectivity index (χ3n) is 2.59. The maximum absolute atomic E-state index is 11.6. The predicted octanol–water partition coefficient (Wildman–Crippen LogP) is 1.04. The maximum atomic E-state index is 11.6. The zero-order chi connectivity index (χ0) is 10.2. The Hall–Kier alpha value is -1.24. The van der Waals surface area contributed by atoms with Crippen LogP contribution in [0.2, 0.25) is 0 Å². The summed E-state index contributed by atoms with van der Waals surface area (Å²) in [6.07, 6.45) is 0. The van der Waals surface area contributed by atoms with E-state index in [-0.39, 0.29) is 12.1 Å². The lowest BCUT2D eigenvalue weighted by molar-refractivity contribution is 0.172. The molecule has 0 N–H and O–H groups in total. The molecule has 1 atom stereocenters. The average Bonchev–Trinajstić information content (AvgIpc) is 2.33. The largest absolute Gasteiger partial charge is 0.323 e. The lowest BCUT2D eigenvalue weighted by atomic mass is 10.1. The van der Waals surface area contributed by atoms with E-state index in [4.69, 9.17) is 5.26 Å². The van der Waals surface area contributed by atoms with Gasteiger partial charge in [-0.25, -0.2) is 4.79 Å². The molecule has 0 aromatic carbocycles. The molecule has 1 unspecified atom stereocenters. The van der Waals surface area contributed by atoms with Crippen LogP contribution in [-0.2, 0) is 0 Å². The first-order chi connectivity index (χ1) is 5.90. The minimum Gasteiger partial charge on any atom is -0.323 e. The number of carbonyl (C=O) groups excluding carboxylic acids is 1. The van der Waals surface area contributed by atoms with Crippen LogP contribution in [0.1, 0.15) is 20.8 Å². The van der Waals surface area contributed by atoms with Gasteiger partial charge in [-0.05, 0) is 20.8 Å². The van der Waals surface area contributed by atoms with Crippen molar-refractivity contribution in [3.63, 3.8) is 0 Å². The Morgan fingerprint density at radius 2 is 2.15 bits per heavy atom. The summed E-state index contributed by atoms with van der Waals surface area (Å²) in [6.45, 7) is 6.13.